The molecule has 1 aromatic heterocycles. The minimum Gasteiger partial charge on any atom is -0.483 e. The van der Waals surface area contributed by atoms with Crippen molar-refractivity contribution in [1.82, 2.24) is 0 Å². The molecular weight excluding hydrogens is 292 g/mol. The molecule has 20 heavy (non-hydrogen) atoms. The molecule has 3 nitrogen and oxygen atoms in total. The van der Waals surface area contributed by atoms with E-state index in [2.05, 4.69) is 6.07 Å². The molecule has 1 heterocycles. The van der Waals surface area contributed by atoms with Crippen LogP contribution in [0.4, 0.5) is 0 Å². The Balaban J connectivity index is 2.14. The summed E-state index contributed by atoms with van der Waals surface area (Å²) in [5, 5.41) is 8.65. The lowest BCUT2D eigenvalue weighted by Gasteiger charge is -2.21. The minimum absolute atomic E-state index is 0.150. The van der Waals surface area contributed by atoms with Gasteiger partial charge in [0, 0.05) is 10.9 Å². The summed E-state index contributed by atoms with van der Waals surface area (Å²) in [5.41, 5.74) is 6.97. The zero-order valence-electron chi connectivity index (χ0n) is 11.0. The van der Waals surface area contributed by atoms with Crippen molar-refractivity contribution in [3.8, 4) is 11.8 Å². The first-order valence-corrected chi connectivity index (χ1v) is 7.43. The number of rotatable bonds is 5. The Morgan fingerprint density at radius 2 is 2.00 bits per heavy atom. The Morgan fingerprint density at radius 3 is 2.50 bits per heavy atom. The molecule has 0 saturated carbocycles. The van der Waals surface area contributed by atoms with Crippen LogP contribution >= 0.6 is 22.9 Å². The van der Waals surface area contributed by atoms with Gasteiger partial charge in [-0.1, -0.05) is 23.7 Å². The smallest absolute Gasteiger partial charge is 0.148 e. The number of hydrogen-bond acceptors (Lipinski definition) is 4. The van der Waals surface area contributed by atoms with Gasteiger partial charge < -0.3 is 10.5 Å². The van der Waals surface area contributed by atoms with E-state index in [1.165, 1.54) is 11.3 Å². The van der Waals surface area contributed by atoms with Crippen molar-refractivity contribution in [2.75, 3.05) is 0 Å². The minimum atomic E-state index is -0.227. The Labute approximate surface area is 127 Å². The van der Waals surface area contributed by atoms with Gasteiger partial charge in [0.05, 0.1) is 16.8 Å². The van der Waals surface area contributed by atoms with E-state index in [0.29, 0.717) is 6.42 Å². The van der Waals surface area contributed by atoms with Crippen molar-refractivity contribution >= 4 is 22.9 Å². The largest absolute Gasteiger partial charge is 0.483 e. The summed E-state index contributed by atoms with van der Waals surface area (Å²) in [6.45, 7) is 1.91. The quantitative estimate of drug-likeness (QED) is 0.910. The maximum atomic E-state index is 8.65. The molecule has 0 radical (unpaired) electrons. The van der Waals surface area contributed by atoms with Gasteiger partial charge in [-0.25, -0.2) is 0 Å². The molecule has 2 aromatic rings. The predicted molar refractivity (Wildman–Crippen MR) is 82.1 cm³/mol. The number of benzene rings is 1. The summed E-state index contributed by atoms with van der Waals surface area (Å²) in [6, 6.07) is 13.2. The summed E-state index contributed by atoms with van der Waals surface area (Å²) in [6.07, 6.45) is 0.173. The lowest BCUT2D eigenvalue weighted by Crippen LogP contribution is -2.28. The molecule has 0 amide bonds. The lowest BCUT2D eigenvalue weighted by molar-refractivity contribution is 0.184. The third-order valence-corrected chi connectivity index (χ3v) is 4.11. The maximum Gasteiger partial charge on any atom is 0.148 e. The van der Waals surface area contributed by atoms with Crippen LogP contribution in [0.15, 0.2) is 36.4 Å². The molecule has 2 unspecified atom stereocenters. The van der Waals surface area contributed by atoms with Crippen LogP contribution in [0, 0.1) is 11.3 Å². The molecule has 2 rings (SSSR count). The second-order valence-corrected chi connectivity index (χ2v) is 6.26. The summed E-state index contributed by atoms with van der Waals surface area (Å²) in [4.78, 5) is 1.01. The van der Waals surface area contributed by atoms with E-state index in [1.807, 2.05) is 43.3 Å². The van der Waals surface area contributed by atoms with E-state index in [9.17, 15) is 0 Å². The van der Waals surface area contributed by atoms with E-state index in [-0.39, 0.29) is 12.1 Å². The summed E-state index contributed by atoms with van der Waals surface area (Å²) in [7, 11) is 0. The molecule has 0 fully saturated rings. The first-order chi connectivity index (χ1) is 9.60. The van der Waals surface area contributed by atoms with Gasteiger partial charge in [-0.2, -0.15) is 5.26 Å². The SMILES string of the molecule is CC(N)C(Oc1ccc(CC#N)cc1)c1ccc(Cl)s1. The summed E-state index contributed by atoms with van der Waals surface area (Å²) in [5.74, 6) is 0.735. The molecular formula is C15H15ClN2OS. The van der Waals surface area contributed by atoms with Crippen molar-refractivity contribution in [1.29, 1.82) is 5.26 Å². The van der Waals surface area contributed by atoms with Crippen LogP contribution in [-0.4, -0.2) is 6.04 Å². The molecule has 1 aromatic carbocycles. The van der Waals surface area contributed by atoms with E-state index in [1.54, 1.807) is 0 Å². The topological polar surface area (TPSA) is 59.0 Å². The van der Waals surface area contributed by atoms with Crippen molar-refractivity contribution in [3.05, 3.63) is 51.2 Å². The van der Waals surface area contributed by atoms with Crippen LogP contribution in [0.25, 0.3) is 0 Å². The van der Waals surface area contributed by atoms with Crippen LogP contribution in [-0.2, 0) is 6.42 Å². The molecule has 0 aliphatic rings. The molecule has 5 heteroatoms. The number of hydrogen-bond donors (Lipinski definition) is 1. The van der Waals surface area contributed by atoms with Gasteiger partial charge in [-0.05, 0) is 36.8 Å². The highest BCUT2D eigenvalue weighted by molar-refractivity contribution is 7.16. The third-order valence-electron chi connectivity index (χ3n) is 2.82. The van der Waals surface area contributed by atoms with Crippen molar-refractivity contribution in [2.45, 2.75) is 25.5 Å². The number of nitrogens with zero attached hydrogens (tertiary/aromatic N) is 1. The molecule has 0 aliphatic heterocycles. The summed E-state index contributed by atoms with van der Waals surface area (Å²) >= 11 is 7.43. The highest BCUT2D eigenvalue weighted by atomic mass is 35.5. The van der Waals surface area contributed by atoms with Gasteiger partial charge >= 0.3 is 0 Å². The van der Waals surface area contributed by atoms with Gasteiger partial charge in [-0.15, -0.1) is 11.3 Å². The molecule has 2 atom stereocenters. The Kier molecular flexibility index (Phi) is 5.02. The third kappa shape index (κ3) is 3.73. The molecule has 0 bridgehead atoms. The normalized spacial score (nSPS) is 13.5. The molecule has 0 spiro atoms. The van der Waals surface area contributed by atoms with Gasteiger partial charge in [0.1, 0.15) is 11.9 Å². The van der Waals surface area contributed by atoms with Gasteiger partial charge in [0.15, 0.2) is 0 Å². The summed E-state index contributed by atoms with van der Waals surface area (Å²) < 4.78 is 6.67. The molecule has 2 N–H and O–H groups in total. The number of ether oxygens (including phenoxy) is 1. The van der Waals surface area contributed by atoms with Crippen LogP contribution in [0.2, 0.25) is 4.34 Å². The Morgan fingerprint density at radius 1 is 1.30 bits per heavy atom. The van der Waals surface area contributed by atoms with Crippen LogP contribution in [0.3, 0.4) is 0 Å². The second kappa shape index (κ2) is 6.76. The second-order valence-electron chi connectivity index (χ2n) is 4.52. The van der Waals surface area contributed by atoms with E-state index in [4.69, 9.17) is 27.3 Å². The molecule has 0 aliphatic carbocycles. The van der Waals surface area contributed by atoms with E-state index in [0.717, 1.165) is 20.5 Å². The highest BCUT2D eigenvalue weighted by Gasteiger charge is 2.20. The Hall–Kier alpha value is -1.54. The first-order valence-electron chi connectivity index (χ1n) is 6.23. The zero-order chi connectivity index (χ0) is 14.5. The van der Waals surface area contributed by atoms with Gasteiger partial charge in [-0.3, -0.25) is 0 Å². The predicted octanol–water partition coefficient (Wildman–Crippen LogP) is 3.93. The van der Waals surface area contributed by atoms with Gasteiger partial charge in [0.25, 0.3) is 0 Å². The number of thiophene rings is 1. The van der Waals surface area contributed by atoms with Crippen LogP contribution in [0.1, 0.15) is 23.5 Å². The monoisotopic (exact) mass is 306 g/mol. The van der Waals surface area contributed by atoms with Crippen molar-refractivity contribution < 1.29 is 4.74 Å². The number of nitrogens with two attached hydrogens (primary N) is 1. The van der Waals surface area contributed by atoms with Crippen LogP contribution in [0.5, 0.6) is 5.75 Å². The lowest BCUT2D eigenvalue weighted by atomic mass is 10.1. The average molecular weight is 307 g/mol. The van der Waals surface area contributed by atoms with Crippen molar-refractivity contribution in [3.63, 3.8) is 0 Å². The first kappa shape index (κ1) is 14.9. The van der Waals surface area contributed by atoms with E-state index >= 15 is 0 Å². The average Bonchev–Trinajstić information content (AvgIpc) is 2.84. The maximum absolute atomic E-state index is 8.65. The molecule has 0 saturated heterocycles. The number of nitriles is 1. The van der Waals surface area contributed by atoms with Gasteiger partial charge in [0.2, 0.25) is 0 Å². The Bertz CT molecular complexity index is 601. The van der Waals surface area contributed by atoms with E-state index < -0.39 is 0 Å². The standard InChI is InChI=1S/C15H15ClN2OS/c1-10(18)15(13-6-7-14(16)20-13)19-12-4-2-11(3-5-12)8-9-17/h2-7,10,15H,8,18H2,1H3. The fraction of sp³-hybridized carbons (Fsp3) is 0.267. The highest BCUT2D eigenvalue weighted by Crippen LogP contribution is 2.31. The molecule has 104 valence electrons. The fourth-order valence-corrected chi connectivity index (χ4v) is 3.04. The number of halogens is 1. The fourth-order valence-electron chi connectivity index (χ4n) is 1.83. The van der Waals surface area contributed by atoms with Crippen LogP contribution < -0.4 is 10.5 Å². The zero-order valence-corrected chi connectivity index (χ0v) is 12.6. The van der Waals surface area contributed by atoms with Crippen molar-refractivity contribution in [2.24, 2.45) is 5.73 Å².